The molecule has 4 N–H and O–H groups in total. The maximum absolute atomic E-state index is 11.8. The number of aromatic amines is 1. The fourth-order valence-corrected chi connectivity index (χ4v) is 3.19. The standard InChI is InChI=1S/C10H19N5O2S/c11-10-9(8-12-14-10)18(16,17)13-4-3-7-15-5-1-2-6-15/h8,13H,1-7H2,(H3,11,12,14). The van der Waals surface area contributed by atoms with E-state index in [1.807, 2.05) is 0 Å². The predicted molar refractivity (Wildman–Crippen MR) is 68.5 cm³/mol. The molecule has 1 aliphatic rings. The maximum Gasteiger partial charge on any atom is 0.245 e. The number of anilines is 1. The quantitative estimate of drug-likeness (QED) is 0.620. The van der Waals surface area contributed by atoms with E-state index in [9.17, 15) is 8.42 Å². The first-order valence-electron chi connectivity index (χ1n) is 6.10. The number of nitrogens with one attached hydrogen (secondary N) is 2. The van der Waals surface area contributed by atoms with Gasteiger partial charge in [-0.3, -0.25) is 5.10 Å². The second kappa shape index (κ2) is 5.68. The van der Waals surface area contributed by atoms with Gasteiger partial charge in [-0.2, -0.15) is 5.10 Å². The van der Waals surface area contributed by atoms with Crippen LogP contribution < -0.4 is 10.5 Å². The zero-order valence-corrected chi connectivity index (χ0v) is 11.0. The molecule has 1 fully saturated rings. The van der Waals surface area contributed by atoms with E-state index in [0.717, 1.165) is 26.1 Å². The van der Waals surface area contributed by atoms with Crippen LogP contribution in [0.25, 0.3) is 0 Å². The summed E-state index contributed by atoms with van der Waals surface area (Å²) in [4.78, 5) is 2.37. The lowest BCUT2D eigenvalue weighted by Gasteiger charge is -2.14. The van der Waals surface area contributed by atoms with Gasteiger partial charge in [-0.1, -0.05) is 0 Å². The van der Waals surface area contributed by atoms with Crippen molar-refractivity contribution in [1.29, 1.82) is 0 Å². The van der Waals surface area contributed by atoms with Gasteiger partial charge in [-0.15, -0.1) is 0 Å². The van der Waals surface area contributed by atoms with Crippen LogP contribution in [0.3, 0.4) is 0 Å². The molecule has 2 heterocycles. The first-order valence-corrected chi connectivity index (χ1v) is 7.59. The molecule has 1 aliphatic heterocycles. The summed E-state index contributed by atoms with van der Waals surface area (Å²) < 4.78 is 26.2. The van der Waals surface area contributed by atoms with Crippen molar-refractivity contribution in [3.8, 4) is 0 Å². The van der Waals surface area contributed by atoms with Crippen molar-refractivity contribution < 1.29 is 8.42 Å². The summed E-state index contributed by atoms with van der Waals surface area (Å²) in [7, 11) is -3.53. The van der Waals surface area contributed by atoms with Crippen LogP contribution in [0.15, 0.2) is 11.1 Å². The van der Waals surface area contributed by atoms with Crippen LogP contribution in [0.2, 0.25) is 0 Å². The number of hydrogen-bond donors (Lipinski definition) is 3. The summed E-state index contributed by atoms with van der Waals surface area (Å²) in [6, 6.07) is 0. The number of aromatic nitrogens is 2. The minimum absolute atomic E-state index is 0.0173. The third kappa shape index (κ3) is 3.21. The lowest BCUT2D eigenvalue weighted by molar-refractivity contribution is 0.334. The Morgan fingerprint density at radius 2 is 2.17 bits per heavy atom. The van der Waals surface area contributed by atoms with Crippen molar-refractivity contribution in [2.45, 2.75) is 24.2 Å². The SMILES string of the molecule is Nc1[nH]ncc1S(=O)(=O)NCCCN1CCCC1. The van der Waals surface area contributed by atoms with Crippen LogP contribution in [0.4, 0.5) is 5.82 Å². The highest BCUT2D eigenvalue weighted by Gasteiger charge is 2.18. The van der Waals surface area contributed by atoms with Crippen molar-refractivity contribution in [3.63, 3.8) is 0 Å². The third-order valence-corrected chi connectivity index (χ3v) is 4.55. The fraction of sp³-hybridized carbons (Fsp3) is 0.700. The van der Waals surface area contributed by atoms with E-state index in [1.54, 1.807) is 0 Å². The molecule has 1 saturated heterocycles. The van der Waals surface area contributed by atoms with E-state index in [1.165, 1.54) is 19.0 Å². The van der Waals surface area contributed by atoms with Crippen molar-refractivity contribution in [1.82, 2.24) is 19.8 Å². The van der Waals surface area contributed by atoms with E-state index < -0.39 is 10.0 Å². The predicted octanol–water partition coefficient (Wildman–Crippen LogP) is -0.244. The van der Waals surface area contributed by atoms with Gasteiger partial charge in [0.05, 0.1) is 6.20 Å². The van der Waals surface area contributed by atoms with E-state index in [4.69, 9.17) is 5.73 Å². The Labute approximate surface area is 107 Å². The summed E-state index contributed by atoms with van der Waals surface area (Å²) in [5, 5.41) is 6.01. The van der Waals surface area contributed by atoms with Crippen LogP contribution >= 0.6 is 0 Å². The Kier molecular flexibility index (Phi) is 4.20. The van der Waals surface area contributed by atoms with Gasteiger partial charge in [0.15, 0.2) is 0 Å². The molecule has 18 heavy (non-hydrogen) atoms. The molecule has 0 saturated carbocycles. The average molecular weight is 273 g/mol. The summed E-state index contributed by atoms with van der Waals surface area (Å²) in [5.41, 5.74) is 5.49. The van der Waals surface area contributed by atoms with Crippen molar-refractivity contribution in [2.24, 2.45) is 0 Å². The van der Waals surface area contributed by atoms with Crippen LogP contribution in [-0.2, 0) is 10.0 Å². The van der Waals surface area contributed by atoms with E-state index in [-0.39, 0.29) is 10.7 Å². The van der Waals surface area contributed by atoms with Gasteiger partial charge >= 0.3 is 0 Å². The summed E-state index contributed by atoms with van der Waals surface area (Å²) in [6.07, 6.45) is 4.52. The number of likely N-dealkylation sites (tertiary alicyclic amines) is 1. The molecule has 2 rings (SSSR count). The number of hydrogen-bond acceptors (Lipinski definition) is 5. The first kappa shape index (κ1) is 13.3. The lowest BCUT2D eigenvalue weighted by atomic mass is 10.4. The number of nitrogens with two attached hydrogens (primary N) is 1. The second-order valence-corrected chi connectivity index (χ2v) is 6.18. The molecule has 0 unspecified atom stereocenters. The molecule has 0 radical (unpaired) electrons. The minimum atomic E-state index is -3.53. The Bertz CT molecular complexity index is 478. The topological polar surface area (TPSA) is 104 Å². The third-order valence-electron chi connectivity index (χ3n) is 3.06. The molecular formula is C10H19N5O2S. The highest BCUT2D eigenvalue weighted by Crippen LogP contribution is 2.13. The molecule has 0 atom stereocenters. The molecule has 1 aromatic rings. The lowest BCUT2D eigenvalue weighted by Crippen LogP contribution is -2.29. The highest BCUT2D eigenvalue weighted by molar-refractivity contribution is 7.89. The van der Waals surface area contributed by atoms with Crippen molar-refractivity contribution >= 4 is 15.8 Å². The van der Waals surface area contributed by atoms with E-state index in [0.29, 0.717) is 6.54 Å². The van der Waals surface area contributed by atoms with Crippen LogP contribution in [0.1, 0.15) is 19.3 Å². The van der Waals surface area contributed by atoms with E-state index >= 15 is 0 Å². The molecule has 102 valence electrons. The van der Waals surface area contributed by atoms with Crippen molar-refractivity contribution in [2.75, 3.05) is 31.9 Å². The Balaban J connectivity index is 1.77. The zero-order chi connectivity index (χ0) is 13.0. The van der Waals surface area contributed by atoms with Crippen molar-refractivity contribution in [3.05, 3.63) is 6.20 Å². The van der Waals surface area contributed by atoms with Crippen LogP contribution in [0, 0.1) is 0 Å². The molecule has 0 bridgehead atoms. The van der Waals surface area contributed by atoms with Gasteiger partial charge in [0.25, 0.3) is 0 Å². The van der Waals surface area contributed by atoms with Gasteiger partial charge < -0.3 is 10.6 Å². The smallest absolute Gasteiger partial charge is 0.245 e. The average Bonchev–Trinajstić information content (AvgIpc) is 2.95. The number of nitrogen functional groups attached to an aromatic ring is 1. The Morgan fingerprint density at radius 1 is 1.44 bits per heavy atom. The molecule has 0 spiro atoms. The molecule has 0 aliphatic carbocycles. The molecule has 1 aromatic heterocycles. The normalized spacial score (nSPS) is 17.3. The van der Waals surface area contributed by atoms with Gasteiger partial charge in [-0.05, 0) is 38.9 Å². The van der Waals surface area contributed by atoms with Crippen LogP contribution in [0.5, 0.6) is 0 Å². The molecule has 0 amide bonds. The Hall–Kier alpha value is -1.12. The largest absolute Gasteiger partial charge is 0.383 e. The number of rotatable bonds is 6. The first-order chi connectivity index (χ1) is 8.59. The van der Waals surface area contributed by atoms with E-state index in [2.05, 4.69) is 19.8 Å². The number of nitrogens with zero attached hydrogens (tertiary/aromatic N) is 2. The highest BCUT2D eigenvalue weighted by atomic mass is 32.2. The second-order valence-electron chi connectivity index (χ2n) is 4.45. The molecule has 8 heteroatoms. The summed E-state index contributed by atoms with van der Waals surface area (Å²) in [5.74, 6) is 0.0713. The zero-order valence-electron chi connectivity index (χ0n) is 10.2. The van der Waals surface area contributed by atoms with Gasteiger partial charge in [0, 0.05) is 6.54 Å². The fourth-order valence-electron chi connectivity index (χ4n) is 2.09. The Morgan fingerprint density at radius 3 is 2.78 bits per heavy atom. The van der Waals surface area contributed by atoms with Crippen LogP contribution in [-0.4, -0.2) is 49.7 Å². The van der Waals surface area contributed by atoms with Gasteiger partial charge in [0.1, 0.15) is 10.7 Å². The monoisotopic (exact) mass is 273 g/mol. The maximum atomic E-state index is 11.8. The molecule has 0 aromatic carbocycles. The molecule has 7 nitrogen and oxygen atoms in total. The summed E-state index contributed by atoms with van der Waals surface area (Å²) in [6.45, 7) is 3.61. The van der Waals surface area contributed by atoms with Gasteiger partial charge in [-0.25, -0.2) is 13.1 Å². The molecular weight excluding hydrogens is 254 g/mol. The van der Waals surface area contributed by atoms with Gasteiger partial charge in [0.2, 0.25) is 10.0 Å². The minimum Gasteiger partial charge on any atom is -0.383 e. The number of H-pyrrole nitrogens is 1. The summed E-state index contributed by atoms with van der Waals surface area (Å²) >= 11 is 0. The number of sulfonamides is 1.